The van der Waals surface area contributed by atoms with Gasteiger partial charge < -0.3 is 25.8 Å². The quantitative estimate of drug-likeness (QED) is 0.109. The molecule has 0 aliphatic rings. The van der Waals surface area contributed by atoms with Crippen molar-refractivity contribution in [2.45, 2.75) is 17.1 Å². The molecular weight excluding hydrogens is 602 g/mol. The summed E-state index contributed by atoms with van der Waals surface area (Å²) >= 11 is 7.16. The maximum atomic E-state index is 13.4. The molecule has 4 aromatic carbocycles. The first kappa shape index (κ1) is 31.9. The van der Waals surface area contributed by atoms with Crippen molar-refractivity contribution in [2.24, 2.45) is 0 Å². The van der Waals surface area contributed by atoms with Crippen LogP contribution in [0.1, 0.15) is 33.2 Å². The highest BCUT2D eigenvalue weighted by Gasteiger charge is 2.18. The molecule has 0 radical (unpaired) electrons. The van der Waals surface area contributed by atoms with Gasteiger partial charge in [0.2, 0.25) is 5.91 Å². The molecule has 0 fully saturated rings. The number of amides is 3. The predicted octanol–water partition coefficient (Wildman–Crippen LogP) is 6.58. The summed E-state index contributed by atoms with van der Waals surface area (Å²) in [5.74, 6) is -1.89. The number of aromatic carboxylic acids is 1. The normalized spacial score (nSPS) is 11.7. The molecule has 0 spiro atoms. The van der Waals surface area contributed by atoms with E-state index in [2.05, 4.69) is 16.0 Å². The van der Waals surface area contributed by atoms with E-state index in [4.69, 9.17) is 16.3 Å². The molecule has 0 saturated carbocycles. The van der Waals surface area contributed by atoms with Crippen molar-refractivity contribution in [1.82, 2.24) is 5.32 Å². The van der Waals surface area contributed by atoms with Crippen molar-refractivity contribution in [1.29, 1.82) is 0 Å². The summed E-state index contributed by atoms with van der Waals surface area (Å²) in [5, 5.41) is 17.0. The van der Waals surface area contributed by atoms with E-state index in [9.17, 15) is 24.3 Å². The fourth-order valence-corrected chi connectivity index (χ4v) is 5.05. The number of benzene rings is 4. The number of ether oxygens (including phenoxy) is 1. The number of nitrogens with one attached hydrogen (secondary N) is 3. The van der Waals surface area contributed by atoms with E-state index >= 15 is 0 Å². The maximum Gasteiger partial charge on any atom is 0.337 e. The van der Waals surface area contributed by atoms with Crippen molar-refractivity contribution in [3.8, 4) is 5.75 Å². The van der Waals surface area contributed by atoms with E-state index in [1.807, 2.05) is 0 Å². The first-order valence-electron chi connectivity index (χ1n) is 13.3. The van der Waals surface area contributed by atoms with E-state index in [-0.39, 0.29) is 22.2 Å². The third kappa shape index (κ3) is 8.73. The molecule has 4 aromatic rings. The highest BCUT2D eigenvalue weighted by Crippen LogP contribution is 2.28. The lowest BCUT2D eigenvalue weighted by Crippen LogP contribution is -2.30. The van der Waals surface area contributed by atoms with Crippen molar-refractivity contribution in [3.05, 3.63) is 124 Å². The molecule has 11 heteroatoms. The van der Waals surface area contributed by atoms with Gasteiger partial charge in [-0.25, -0.2) is 4.79 Å². The van der Waals surface area contributed by atoms with Crippen molar-refractivity contribution in [2.75, 3.05) is 17.7 Å². The molecule has 44 heavy (non-hydrogen) atoms. The van der Waals surface area contributed by atoms with Gasteiger partial charge in [0.15, 0.2) is 0 Å². The Kier molecular flexibility index (Phi) is 10.8. The van der Waals surface area contributed by atoms with Crippen LogP contribution >= 0.6 is 23.4 Å². The Bertz CT molecular complexity index is 1710. The minimum absolute atomic E-state index is 0.0264. The molecule has 0 bridgehead atoms. The van der Waals surface area contributed by atoms with Crippen molar-refractivity contribution >= 4 is 64.5 Å². The van der Waals surface area contributed by atoms with Gasteiger partial charge in [-0.3, -0.25) is 14.4 Å². The van der Waals surface area contributed by atoms with Gasteiger partial charge in [0.05, 0.1) is 22.9 Å². The summed E-state index contributed by atoms with van der Waals surface area (Å²) in [6.45, 7) is 1.70. The summed E-state index contributed by atoms with van der Waals surface area (Å²) in [6, 6.07) is 26.7. The fraction of sp³-hybridized carbons (Fsp3) is 0.0909. The third-order valence-electron chi connectivity index (χ3n) is 6.19. The van der Waals surface area contributed by atoms with Crippen LogP contribution in [0.25, 0.3) is 6.08 Å². The monoisotopic (exact) mass is 629 g/mol. The molecule has 4 N–H and O–H groups in total. The highest BCUT2D eigenvalue weighted by atomic mass is 35.5. The van der Waals surface area contributed by atoms with Gasteiger partial charge in [-0.05, 0) is 79.2 Å². The Morgan fingerprint density at radius 3 is 2.25 bits per heavy atom. The van der Waals surface area contributed by atoms with E-state index in [0.29, 0.717) is 33.1 Å². The number of hydrogen-bond acceptors (Lipinski definition) is 6. The van der Waals surface area contributed by atoms with Crippen LogP contribution in [0.2, 0.25) is 5.02 Å². The second kappa shape index (κ2) is 14.9. The number of carboxylic acids is 1. The largest absolute Gasteiger partial charge is 0.497 e. The number of carboxylic acid groups (broad SMARTS) is 1. The van der Waals surface area contributed by atoms with E-state index in [1.165, 1.54) is 30.0 Å². The Balaban J connectivity index is 1.47. The Morgan fingerprint density at radius 2 is 1.57 bits per heavy atom. The minimum atomic E-state index is -1.20. The number of methoxy groups -OCH3 is 1. The van der Waals surface area contributed by atoms with E-state index in [1.54, 1.807) is 99.0 Å². The van der Waals surface area contributed by atoms with Crippen LogP contribution in [0.15, 0.2) is 108 Å². The number of anilines is 2. The SMILES string of the molecule is COc1ccc(/C=C(/NC(=O)c2ccccc2)C(=O)Nc2cccc(SC(C)C(=O)Nc3ccc(Cl)c(C(=O)O)c3)c2)cc1. The van der Waals surface area contributed by atoms with Crippen LogP contribution in [0.3, 0.4) is 0 Å². The molecule has 1 atom stereocenters. The molecule has 0 heterocycles. The summed E-state index contributed by atoms with van der Waals surface area (Å²) < 4.78 is 5.20. The summed E-state index contributed by atoms with van der Waals surface area (Å²) in [7, 11) is 1.56. The van der Waals surface area contributed by atoms with Crippen LogP contribution in [0.4, 0.5) is 11.4 Å². The van der Waals surface area contributed by atoms with Gasteiger partial charge in [-0.1, -0.05) is 48.0 Å². The zero-order valence-electron chi connectivity index (χ0n) is 23.7. The molecule has 224 valence electrons. The van der Waals surface area contributed by atoms with Crippen LogP contribution in [-0.4, -0.2) is 41.2 Å². The van der Waals surface area contributed by atoms with Gasteiger partial charge in [-0.2, -0.15) is 0 Å². The molecule has 9 nitrogen and oxygen atoms in total. The fourth-order valence-electron chi connectivity index (χ4n) is 3.92. The summed E-state index contributed by atoms with van der Waals surface area (Å²) in [5.41, 5.74) is 1.73. The second-order valence-corrected chi connectivity index (χ2v) is 11.2. The van der Waals surface area contributed by atoms with Gasteiger partial charge in [0, 0.05) is 21.8 Å². The number of thioether (sulfide) groups is 1. The highest BCUT2D eigenvalue weighted by molar-refractivity contribution is 8.00. The van der Waals surface area contributed by atoms with Crippen LogP contribution in [0.5, 0.6) is 5.75 Å². The smallest absolute Gasteiger partial charge is 0.337 e. The van der Waals surface area contributed by atoms with Crippen molar-refractivity contribution in [3.63, 3.8) is 0 Å². The Morgan fingerprint density at radius 1 is 0.864 bits per heavy atom. The third-order valence-corrected chi connectivity index (χ3v) is 7.62. The van der Waals surface area contributed by atoms with E-state index in [0.717, 1.165) is 0 Å². The molecule has 4 rings (SSSR count). The van der Waals surface area contributed by atoms with Crippen LogP contribution in [-0.2, 0) is 9.59 Å². The zero-order valence-corrected chi connectivity index (χ0v) is 25.2. The molecule has 3 amide bonds. The summed E-state index contributed by atoms with van der Waals surface area (Å²) in [6.07, 6.45) is 1.56. The predicted molar refractivity (Wildman–Crippen MR) is 172 cm³/mol. The lowest BCUT2D eigenvalue weighted by molar-refractivity contribution is -0.115. The topological polar surface area (TPSA) is 134 Å². The second-order valence-electron chi connectivity index (χ2n) is 9.38. The molecule has 0 aromatic heterocycles. The molecule has 0 aliphatic carbocycles. The first-order chi connectivity index (χ1) is 21.1. The lowest BCUT2D eigenvalue weighted by Gasteiger charge is -2.14. The number of rotatable bonds is 11. The number of carbonyl (C=O) groups excluding carboxylic acids is 3. The molecule has 0 aliphatic heterocycles. The van der Waals surface area contributed by atoms with Crippen molar-refractivity contribution < 1.29 is 29.0 Å². The van der Waals surface area contributed by atoms with Gasteiger partial charge in [0.25, 0.3) is 11.8 Å². The zero-order chi connectivity index (χ0) is 31.6. The van der Waals surface area contributed by atoms with Crippen LogP contribution in [0, 0.1) is 0 Å². The van der Waals surface area contributed by atoms with Gasteiger partial charge in [-0.15, -0.1) is 11.8 Å². The van der Waals surface area contributed by atoms with Crippen LogP contribution < -0.4 is 20.7 Å². The maximum absolute atomic E-state index is 13.4. The average molecular weight is 630 g/mol. The molecule has 0 saturated heterocycles. The molecular formula is C33H28ClN3O6S. The van der Waals surface area contributed by atoms with Gasteiger partial charge in [0.1, 0.15) is 11.4 Å². The molecule has 1 unspecified atom stereocenters. The Labute approximate surface area is 263 Å². The first-order valence-corrected chi connectivity index (χ1v) is 14.5. The van der Waals surface area contributed by atoms with E-state index < -0.39 is 23.0 Å². The van der Waals surface area contributed by atoms with Gasteiger partial charge >= 0.3 is 5.97 Å². The average Bonchev–Trinajstić information content (AvgIpc) is 3.02. The summed E-state index contributed by atoms with van der Waals surface area (Å²) in [4.78, 5) is 51.2. The number of halogens is 1. The number of hydrogen-bond donors (Lipinski definition) is 4. The lowest BCUT2D eigenvalue weighted by atomic mass is 10.1. The number of carbonyl (C=O) groups is 4. The Hall–Kier alpha value is -5.06. The minimum Gasteiger partial charge on any atom is -0.497 e. The standard InChI is InChI=1S/C33H28ClN3O6S/c1-20(30(38)35-24-13-16-28(34)27(19-24)33(41)42)44-26-10-6-9-23(18-26)36-32(40)29(17-21-11-14-25(43-2)15-12-21)37-31(39)22-7-4-3-5-8-22/h3-20H,1-2H3,(H,35,38)(H,36,40)(H,37,39)(H,41,42)/b29-17+.